The van der Waals surface area contributed by atoms with Crippen molar-refractivity contribution in [2.24, 2.45) is 33.8 Å². The number of phenols is 1. The highest BCUT2D eigenvalue weighted by molar-refractivity contribution is 5.94. The first-order valence-corrected chi connectivity index (χ1v) is 13.3. The zero-order chi connectivity index (χ0) is 31.1. The topological polar surface area (TPSA) is 278 Å². The van der Waals surface area contributed by atoms with E-state index < -0.39 is 59.7 Å². The van der Waals surface area contributed by atoms with E-state index in [2.05, 4.69) is 20.9 Å². The summed E-state index contributed by atoms with van der Waals surface area (Å²) in [6, 6.07) is 1.18. The molecule has 0 saturated heterocycles. The number of aliphatic carboxylic acids is 1. The maximum Gasteiger partial charge on any atom is 0.326 e. The first-order chi connectivity index (χ1) is 19.2. The Balaban J connectivity index is 3.21. The predicted octanol–water partition coefficient (Wildman–Crippen LogP) is -1.83. The minimum absolute atomic E-state index is 0.00211. The molecular weight excluding hydrogens is 536 g/mol. The van der Waals surface area contributed by atoms with Crippen LogP contribution < -0.4 is 38.9 Å². The van der Waals surface area contributed by atoms with Crippen LogP contribution in [0.4, 0.5) is 0 Å². The van der Waals surface area contributed by atoms with E-state index in [1.54, 1.807) is 26.0 Å². The Morgan fingerprint density at radius 1 is 0.902 bits per heavy atom. The predicted molar refractivity (Wildman–Crippen MR) is 151 cm³/mol. The van der Waals surface area contributed by atoms with E-state index in [0.29, 0.717) is 12.0 Å². The van der Waals surface area contributed by atoms with Crippen molar-refractivity contribution in [1.29, 1.82) is 0 Å². The molecule has 1 aromatic rings. The summed E-state index contributed by atoms with van der Waals surface area (Å²) >= 11 is 0. The fraction of sp³-hybridized carbons (Fsp3) is 0.538. The molecule has 0 radical (unpaired) electrons. The van der Waals surface area contributed by atoms with Crippen LogP contribution >= 0.6 is 0 Å². The van der Waals surface area contributed by atoms with E-state index in [-0.39, 0.29) is 50.4 Å². The van der Waals surface area contributed by atoms with Crippen LogP contribution in [-0.2, 0) is 30.4 Å². The number of rotatable bonds is 18. The lowest BCUT2D eigenvalue weighted by molar-refractivity contribution is -0.143. The first kappa shape index (κ1) is 34.6. The quantitative estimate of drug-likeness (QED) is 0.0533. The zero-order valence-corrected chi connectivity index (χ0v) is 23.3. The third kappa shape index (κ3) is 13.0. The van der Waals surface area contributed by atoms with Crippen LogP contribution in [0.5, 0.6) is 5.75 Å². The van der Waals surface area contributed by atoms with Gasteiger partial charge in [-0.05, 0) is 42.9 Å². The Hall–Kier alpha value is -4.40. The molecule has 0 heterocycles. The number of nitrogens with one attached hydrogen (secondary N) is 3. The fourth-order valence-corrected chi connectivity index (χ4v) is 3.77. The summed E-state index contributed by atoms with van der Waals surface area (Å²) in [4.78, 5) is 66.1. The van der Waals surface area contributed by atoms with Crippen molar-refractivity contribution >= 4 is 35.6 Å². The molecule has 41 heavy (non-hydrogen) atoms. The number of nitrogens with two attached hydrogens (primary N) is 4. The van der Waals surface area contributed by atoms with Crippen LogP contribution in [0.3, 0.4) is 0 Å². The molecule has 0 aliphatic carbocycles. The van der Waals surface area contributed by atoms with Gasteiger partial charge in [-0.25, -0.2) is 4.79 Å². The van der Waals surface area contributed by atoms with E-state index in [4.69, 9.17) is 22.9 Å². The third-order valence-corrected chi connectivity index (χ3v) is 6.40. The van der Waals surface area contributed by atoms with Crippen molar-refractivity contribution in [3.05, 3.63) is 29.8 Å². The van der Waals surface area contributed by atoms with Gasteiger partial charge >= 0.3 is 5.97 Å². The van der Waals surface area contributed by atoms with Gasteiger partial charge in [0.1, 0.15) is 23.9 Å². The maximum absolute atomic E-state index is 13.4. The minimum Gasteiger partial charge on any atom is -0.508 e. The molecule has 0 aromatic heterocycles. The smallest absolute Gasteiger partial charge is 0.326 e. The average Bonchev–Trinajstić information content (AvgIpc) is 2.91. The van der Waals surface area contributed by atoms with Gasteiger partial charge in [-0.3, -0.25) is 24.2 Å². The van der Waals surface area contributed by atoms with Crippen molar-refractivity contribution < 1.29 is 34.2 Å². The van der Waals surface area contributed by atoms with Gasteiger partial charge in [-0.1, -0.05) is 32.4 Å². The van der Waals surface area contributed by atoms with Crippen molar-refractivity contribution in [3.63, 3.8) is 0 Å². The maximum atomic E-state index is 13.4. The number of benzene rings is 1. The molecule has 13 N–H and O–H groups in total. The number of hydrogen-bond acceptors (Lipinski definition) is 8. The average molecular weight is 579 g/mol. The Kier molecular flexibility index (Phi) is 14.6. The van der Waals surface area contributed by atoms with Gasteiger partial charge in [0.05, 0.1) is 6.04 Å². The molecule has 0 fully saturated rings. The standard InChI is InChI=1S/C26H42N8O7/c1-3-14(2)21(25(40)41)34-24(39)19(13-15-6-8-16(35)9-7-15)33-23(38)18(5-4-12-31-26(29)30)32-22(37)17(27)10-11-20(28)36/h6-9,14,17-19,21,35H,3-5,10-13,27H2,1-2H3,(H2,28,36)(H,32,37)(H,33,38)(H,34,39)(H,40,41)(H4,29,30,31). The van der Waals surface area contributed by atoms with Gasteiger partial charge < -0.3 is 49.1 Å². The van der Waals surface area contributed by atoms with Gasteiger partial charge in [0, 0.05) is 19.4 Å². The van der Waals surface area contributed by atoms with Crippen molar-refractivity contribution in [1.82, 2.24) is 16.0 Å². The number of nitrogens with zero attached hydrogens (tertiary/aromatic N) is 1. The van der Waals surface area contributed by atoms with Gasteiger partial charge in [0.15, 0.2) is 5.96 Å². The summed E-state index contributed by atoms with van der Waals surface area (Å²) in [7, 11) is 0. The number of carboxylic acids is 1. The van der Waals surface area contributed by atoms with Crippen molar-refractivity contribution in [2.45, 2.75) is 76.5 Å². The molecule has 0 aliphatic heterocycles. The molecule has 228 valence electrons. The molecule has 0 saturated carbocycles. The first-order valence-electron chi connectivity index (χ1n) is 13.3. The number of aromatic hydroxyl groups is 1. The summed E-state index contributed by atoms with van der Waals surface area (Å²) in [5.74, 6) is -4.61. The number of carboxylic acid groups (broad SMARTS) is 1. The highest BCUT2D eigenvalue weighted by atomic mass is 16.4. The monoisotopic (exact) mass is 578 g/mol. The molecule has 0 aliphatic rings. The number of primary amides is 1. The number of guanidine groups is 1. The molecule has 1 aromatic carbocycles. The SMILES string of the molecule is CCC(C)C(NC(=O)C(Cc1ccc(O)cc1)NC(=O)C(CCCN=C(N)N)NC(=O)C(N)CCC(N)=O)C(=O)O. The second kappa shape index (κ2) is 17.3. The molecule has 15 heteroatoms. The summed E-state index contributed by atoms with van der Waals surface area (Å²) in [5, 5.41) is 26.9. The molecule has 0 bridgehead atoms. The molecular formula is C26H42N8O7. The molecule has 15 nitrogen and oxygen atoms in total. The number of hydrogen-bond donors (Lipinski definition) is 9. The van der Waals surface area contributed by atoms with Gasteiger partial charge in [0.2, 0.25) is 23.6 Å². The number of aliphatic imine (C=N–C) groups is 1. The van der Waals surface area contributed by atoms with Crippen LogP contribution in [0.1, 0.15) is 51.5 Å². The Bertz CT molecular complexity index is 1080. The third-order valence-electron chi connectivity index (χ3n) is 6.40. The van der Waals surface area contributed by atoms with E-state index in [9.17, 15) is 34.2 Å². The van der Waals surface area contributed by atoms with E-state index in [0.717, 1.165) is 0 Å². The summed E-state index contributed by atoms with van der Waals surface area (Å²) in [6.07, 6.45) is 0.600. The molecule has 5 atom stereocenters. The van der Waals surface area contributed by atoms with Crippen LogP contribution in [-0.4, -0.2) is 76.5 Å². The number of amides is 4. The highest BCUT2D eigenvalue weighted by Crippen LogP contribution is 2.13. The molecule has 1 rings (SSSR count). The van der Waals surface area contributed by atoms with Gasteiger partial charge in [0.25, 0.3) is 0 Å². The highest BCUT2D eigenvalue weighted by Gasteiger charge is 2.32. The Labute approximate surface area is 238 Å². The van der Waals surface area contributed by atoms with Crippen molar-refractivity contribution in [2.75, 3.05) is 6.54 Å². The number of phenolic OH excluding ortho intramolecular Hbond substituents is 1. The van der Waals surface area contributed by atoms with E-state index >= 15 is 0 Å². The number of carbonyl (C=O) groups is 5. The second-order valence-corrected chi connectivity index (χ2v) is 9.76. The Morgan fingerprint density at radius 3 is 2.02 bits per heavy atom. The van der Waals surface area contributed by atoms with Gasteiger partial charge in [-0.15, -0.1) is 0 Å². The van der Waals surface area contributed by atoms with Crippen LogP contribution in [0.25, 0.3) is 0 Å². The van der Waals surface area contributed by atoms with Gasteiger partial charge in [-0.2, -0.15) is 0 Å². The lowest BCUT2D eigenvalue weighted by atomic mass is 9.98. The summed E-state index contributed by atoms with van der Waals surface area (Å²) in [6.45, 7) is 3.62. The minimum atomic E-state index is -1.24. The second-order valence-electron chi connectivity index (χ2n) is 9.76. The largest absolute Gasteiger partial charge is 0.508 e. The molecule has 5 unspecified atom stereocenters. The summed E-state index contributed by atoms with van der Waals surface area (Å²) < 4.78 is 0. The fourth-order valence-electron chi connectivity index (χ4n) is 3.77. The van der Waals surface area contributed by atoms with Crippen LogP contribution in [0, 0.1) is 5.92 Å². The summed E-state index contributed by atoms with van der Waals surface area (Å²) in [5.41, 5.74) is 22.2. The lowest BCUT2D eigenvalue weighted by Crippen LogP contribution is -2.58. The zero-order valence-electron chi connectivity index (χ0n) is 23.3. The van der Waals surface area contributed by atoms with Crippen LogP contribution in [0.15, 0.2) is 29.3 Å². The van der Waals surface area contributed by atoms with Crippen LogP contribution in [0.2, 0.25) is 0 Å². The normalized spacial score (nSPS) is 14.4. The number of carbonyl (C=O) groups excluding carboxylic acids is 4. The van der Waals surface area contributed by atoms with E-state index in [1.807, 2.05) is 0 Å². The molecule has 0 spiro atoms. The Morgan fingerprint density at radius 2 is 1.49 bits per heavy atom. The van der Waals surface area contributed by atoms with Crippen molar-refractivity contribution in [3.8, 4) is 5.75 Å². The lowest BCUT2D eigenvalue weighted by Gasteiger charge is -2.26. The van der Waals surface area contributed by atoms with E-state index in [1.165, 1.54) is 12.1 Å². The molecule has 4 amide bonds.